The second-order valence-electron chi connectivity index (χ2n) is 10.3. The van der Waals surface area contributed by atoms with Crippen LogP contribution in [0.3, 0.4) is 0 Å². The van der Waals surface area contributed by atoms with Crippen LogP contribution in [0.4, 0.5) is 20.4 Å². The minimum absolute atomic E-state index is 0.0905. The summed E-state index contributed by atoms with van der Waals surface area (Å²) < 4.78 is 29.3. The number of aromatic nitrogens is 5. The first kappa shape index (κ1) is 27.0. The molecule has 4 aromatic heterocycles. The molecule has 4 heterocycles. The number of rotatable bonds is 6. The molecule has 0 aliphatic heterocycles. The van der Waals surface area contributed by atoms with E-state index in [-0.39, 0.29) is 50.8 Å². The maximum atomic E-state index is 14.2. The van der Waals surface area contributed by atoms with Crippen molar-refractivity contribution in [1.29, 1.82) is 5.41 Å². The third-order valence-corrected chi connectivity index (χ3v) is 7.65. The van der Waals surface area contributed by atoms with Gasteiger partial charge in [-0.15, -0.1) is 11.3 Å². The van der Waals surface area contributed by atoms with Gasteiger partial charge in [0.25, 0.3) is 5.56 Å². The summed E-state index contributed by atoms with van der Waals surface area (Å²) in [6.45, 7) is 7.87. The number of thiazole rings is 1. The van der Waals surface area contributed by atoms with E-state index in [9.17, 15) is 13.6 Å². The molecule has 5 aromatic rings. The summed E-state index contributed by atoms with van der Waals surface area (Å²) in [4.78, 5) is 31.7. The number of hydrogen-bond donors (Lipinski definition) is 3. The van der Waals surface area contributed by atoms with Gasteiger partial charge in [0.1, 0.15) is 35.2 Å². The van der Waals surface area contributed by atoms with Crippen molar-refractivity contribution in [3.05, 3.63) is 98.2 Å². The van der Waals surface area contributed by atoms with E-state index in [1.54, 1.807) is 19.2 Å². The quantitative estimate of drug-likeness (QED) is 0.238. The smallest absolute Gasteiger partial charge is 0.266 e. The maximum absolute atomic E-state index is 14.2. The Labute approximate surface area is 232 Å². The topological polar surface area (TPSA) is 135 Å². The minimum Gasteiger partial charge on any atom is -0.383 e. The number of pyridine rings is 1. The van der Waals surface area contributed by atoms with Gasteiger partial charge in [-0.1, -0.05) is 32.9 Å². The number of nitrogens with zero attached hydrogens (tertiary/aromatic N) is 5. The first-order chi connectivity index (χ1) is 18.9. The Morgan fingerprint density at radius 2 is 1.90 bits per heavy atom. The van der Waals surface area contributed by atoms with Crippen molar-refractivity contribution in [1.82, 2.24) is 24.3 Å². The van der Waals surface area contributed by atoms with Crippen molar-refractivity contribution in [2.24, 2.45) is 0 Å². The molecule has 1 atom stereocenters. The second kappa shape index (κ2) is 10.2. The Hall–Kier alpha value is -4.58. The van der Waals surface area contributed by atoms with Gasteiger partial charge in [-0.2, -0.15) is 0 Å². The Bertz CT molecular complexity index is 1830. The predicted octanol–water partition coefficient (Wildman–Crippen LogP) is 5.36. The number of fused-ring (bicyclic) bond motifs is 1. The molecule has 0 aliphatic carbocycles. The number of nitrogens with one attached hydrogen (secondary N) is 2. The van der Waals surface area contributed by atoms with Crippen molar-refractivity contribution < 1.29 is 8.78 Å². The number of benzene rings is 1. The lowest BCUT2D eigenvalue weighted by atomic mass is 9.98. The van der Waals surface area contributed by atoms with E-state index in [1.165, 1.54) is 48.0 Å². The van der Waals surface area contributed by atoms with Crippen LogP contribution in [0.5, 0.6) is 0 Å². The largest absolute Gasteiger partial charge is 0.383 e. The van der Waals surface area contributed by atoms with Crippen molar-refractivity contribution in [3.63, 3.8) is 0 Å². The first-order valence-electron chi connectivity index (χ1n) is 12.3. The van der Waals surface area contributed by atoms with E-state index < -0.39 is 23.2 Å². The van der Waals surface area contributed by atoms with Gasteiger partial charge in [0.15, 0.2) is 0 Å². The molecule has 1 aromatic carbocycles. The van der Waals surface area contributed by atoms with Crippen LogP contribution in [-0.2, 0) is 5.41 Å². The fourth-order valence-electron chi connectivity index (χ4n) is 4.25. The van der Waals surface area contributed by atoms with Crippen LogP contribution in [0, 0.1) is 17.0 Å². The normalized spacial score (nSPS) is 12.4. The van der Waals surface area contributed by atoms with Crippen LogP contribution in [0.2, 0.25) is 0 Å². The summed E-state index contributed by atoms with van der Waals surface area (Å²) in [7, 11) is 0. The summed E-state index contributed by atoms with van der Waals surface area (Å²) >= 11 is 1.38. The molecule has 0 bridgehead atoms. The lowest BCUT2D eigenvalue weighted by molar-refractivity contribution is 0.585. The van der Waals surface area contributed by atoms with Crippen LogP contribution >= 0.6 is 11.3 Å². The lowest BCUT2D eigenvalue weighted by Gasteiger charge is -2.20. The van der Waals surface area contributed by atoms with E-state index in [1.807, 2.05) is 20.8 Å². The summed E-state index contributed by atoms with van der Waals surface area (Å²) in [6.07, 6.45) is 3.94. The zero-order valence-corrected chi connectivity index (χ0v) is 23.0. The zero-order chi connectivity index (χ0) is 28.8. The first-order valence-corrected chi connectivity index (χ1v) is 13.2. The maximum Gasteiger partial charge on any atom is 0.266 e. The summed E-state index contributed by atoms with van der Waals surface area (Å²) in [5, 5.41) is 13.0. The Balaban J connectivity index is 1.61. The lowest BCUT2D eigenvalue weighted by Crippen LogP contribution is -2.24. The van der Waals surface area contributed by atoms with Gasteiger partial charge in [-0.3, -0.25) is 14.6 Å². The summed E-state index contributed by atoms with van der Waals surface area (Å²) in [5.41, 5.74) is 6.71. The molecule has 0 saturated carbocycles. The molecule has 1 unspecified atom stereocenters. The van der Waals surface area contributed by atoms with Crippen LogP contribution in [0.15, 0.2) is 59.9 Å². The molecule has 40 heavy (non-hydrogen) atoms. The van der Waals surface area contributed by atoms with E-state index >= 15 is 0 Å². The predicted molar refractivity (Wildman–Crippen MR) is 152 cm³/mol. The van der Waals surface area contributed by atoms with E-state index in [0.29, 0.717) is 4.88 Å². The monoisotopic (exact) mass is 560 g/mol. The SMILES string of the molecule is CC(Nc1ncnc(N)c1C(=N)c1cnc(C(C)(C)C)s1)c1nc2ccc(F)cn2c(=O)c1-c1cccc(F)c1. The van der Waals surface area contributed by atoms with E-state index in [4.69, 9.17) is 11.1 Å². The highest BCUT2D eigenvalue weighted by atomic mass is 32.1. The Kier molecular flexibility index (Phi) is 6.88. The highest BCUT2D eigenvalue weighted by Gasteiger charge is 2.25. The molecule has 4 N–H and O–H groups in total. The van der Waals surface area contributed by atoms with Crippen LogP contribution < -0.4 is 16.6 Å². The molecule has 0 radical (unpaired) electrons. The van der Waals surface area contributed by atoms with Gasteiger partial charge in [0, 0.05) is 17.8 Å². The average molecular weight is 561 g/mol. The minimum atomic E-state index is -0.673. The number of hydrogen-bond acceptors (Lipinski definition) is 9. The summed E-state index contributed by atoms with van der Waals surface area (Å²) in [6, 6.07) is 7.48. The average Bonchev–Trinajstić information content (AvgIpc) is 3.40. The Morgan fingerprint density at radius 1 is 1.12 bits per heavy atom. The molecule has 0 saturated heterocycles. The number of anilines is 2. The second-order valence-corrected chi connectivity index (χ2v) is 11.3. The zero-order valence-electron chi connectivity index (χ0n) is 22.2. The molecule has 0 fully saturated rings. The molecular formula is C28H26F2N8OS. The van der Waals surface area contributed by atoms with Gasteiger partial charge in [0.2, 0.25) is 0 Å². The fraction of sp³-hybridized carbons (Fsp3) is 0.214. The molecule has 204 valence electrons. The van der Waals surface area contributed by atoms with Crippen molar-refractivity contribution in [2.75, 3.05) is 11.1 Å². The van der Waals surface area contributed by atoms with Crippen molar-refractivity contribution in [2.45, 2.75) is 39.2 Å². The van der Waals surface area contributed by atoms with Gasteiger partial charge in [-0.25, -0.2) is 28.7 Å². The van der Waals surface area contributed by atoms with Gasteiger partial charge in [0.05, 0.1) is 38.5 Å². The molecule has 9 nitrogen and oxygen atoms in total. The standard InChI is InChI=1S/C28H26F2N8OS/c1-14(36-25-21(24(32)34-13-35-25)22(31)18-11-33-27(40-18)28(2,3)4)23-20(15-6-5-7-16(29)10-15)26(39)38-12-17(30)8-9-19(38)37-23/h5-14,31H,1-4H3,(H3,32,34,35,36). The van der Waals surface area contributed by atoms with Gasteiger partial charge >= 0.3 is 0 Å². The van der Waals surface area contributed by atoms with Crippen LogP contribution in [-0.4, -0.2) is 30.0 Å². The highest BCUT2D eigenvalue weighted by molar-refractivity contribution is 7.14. The molecule has 0 spiro atoms. The third kappa shape index (κ3) is 5.05. The van der Waals surface area contributed by atoms with Crippen LogP contribution in [0.25, 0.3) is 16.8 Å². The highest BCUT2D eigenvalue weighted by Crippen LogP contribution is 2.32. The third-order valence-electron chi connectivity index (χ3n) is 6.21. The molecule has 5 rings (SSSR count). The molecule has 0 amide bonds. The number of nitrogen functional groups attached to an aromatic ring is 1. The van der Waals surface area contributed by atoms with Crippen LogP contribution in [0.1, 0.15) is 54.9 Å². The molecular weight excluding hydrogens is 534 g/mol. The molecule has 12 heteroatoms. The summed E-state index contributed by atoms with van der Waals surface area (Å²) in [5.74, 6) is -0.807. The van der Waals surface area contributed by atoms with Crippen molar-refractivity contribution in [3.8, 4) is 11.1 Å². The number of halogens is 2. The van der Waals surface area contributed by atoms with Crippen molar-refractivity contribution >= 4 is 34.3 Å². The van der Waals surface area contributed by atoms with E-state index in [0.717, 1.165) is 15.6 Å². The fourth-order valence-corrected chi connectivity index (χ4v) is 5.18. The number of nitrogens with two attached hydrogens (primary N) is 1. The van der Waals surface area contributed by atoms with Gasteiger partial charge in [-0.05, 0) is 36.8 Å². The molecule has 0 aliphatic rings. The van der Waals surface area contributed by atoms with Gasteiger partial charge < -0.3 is 11.1 Å². The Morgan fingerprint density at radius 3 is 2.60 bits per heavy atom. The van der Waals surface area contributed by atoms with E-state index in [2.05, 4.69) is 25.3 Å².